The highest BCUT2D eigenvalue weighted by Gasteiger charge is 2.30. The first kappa shape index (κ1) is 11.9. The monoisotopic (exact) mass is 266 g/mol. The fourth-order valence-electron chi connectivity index (χ4n) is 2.63. The minimum atomic E-state index is -2.62. The Hall–Kier alpha value is -1.17. The van der Waals surface area contributed by atoms with Gasteiger partial charge < -0.3 is 4.98 Å². The second kappa shape index (κ2) is 4.19. The molecule has 0 saturated carbocycles. The zero-order valence-electron chi connectivity index (χ0n) is 10.4. The molecule has 1 aromatic heterocycles. The maximum atomic E-state index is 10.1. The van der Waals surface area contributed by atoms with Crippen LogP contribution in [0.15, 0.2) is 24.4 Å². The molecule has 1 fully saturated rings. The summed E-state index contributed by atoms with van der Waals surface area (Å²) in [5.41, 5.74) is 3.18. The SMILES string of the molecule is CCc1c[nH]c2c(N3CCCS3(O)O)cccc12. The van der Waals surface area contributed by atoms with E-state index < -0.39 is 10.8 Å². The molecule has 1 aliphatic rings. The van der Waals surface area contributed by atoms with Gasteiger partial charge >= 0.3 is 0 Å². The van der Waals surface area contributed by atoms with E-state index in [0.717, 1.165) is 24.0 Å². The second-order valence-electron chi connectivity index (χ2n) is 4.66. The Morgan fingerprint density at radius 2 is 2.22 bits per heavy atom. The quantitative estimate of drug-likeness (QED) is 0.778. The van der Waals surface area contributed by atoms with Crippen molar-refractivity contribution in [2.45, 2.75) is 19.8 Å². The van der Waals surface area contributed by atoms with E-state index in [0.29, 0.717) is 12.3 Å². The molecule has 18 heavy (non-hydrogen) atoms. The van der Waals surface area contributed by atoms with Crippen molar-refractivity contribution >= 4 is 27.4 Å². The predicted octanol–water partition coefficient (Wildman–Crippen LogP) is 3.61. The number of H-pyrrole nitrogens is 1. The van der Waals surface area contributed by atoms with Crippen molar-refractivity contribution in [1.29, 1.82) is 0 Å². The van der Waals surface area contributed by atoms with E-state index in [1.807, 2.05) is 18.3 Å². The highest BCUT2D eigenvalue weighted by atomic mass is 32.3. The number of aromatic nitrogens is 1. The molecule has 0 radical (unpaired) electrons. The lowest BCUT2D eigenvalue weighted by Gasteiger charge is -2.38. The highest BCUT2D eigenvalue weighted by Crippen LogP contribution is 2.52. The first-order valence-electron chi connectivity index (χ1n) is 6.26. The maximum absolute atomic E-state index is 10.1. The topological polar surface area (TPSA) is 59.5 Å². The highest BCUT2D eigenvalue weighted by molar-refractivity contribution is 8.25. The maximum Gasteiger partial charge on any atom is 0.0809 e. The van der Waals surface area contributed by atoms with Crippen molar-refractivity contribution in [3.8, 4) is 0 Å². The van der Waals surface area contributed by atoms with E-state index in [1.54, 1.807) is 4.31 Å². The van der Waals surface area contributed by atoms with E-state index in [4.69, 9.17) is 0 Å². The summed E-state index contributed by atoms with van der Waals surface area (Å²) < 4.78 is 21.9. The number of fused-ring (bicyclic) bond motifs is 1. The van der Waals surface area contributed by atoms with E-state index in [2.05, 4.69) is 18.0 Å². The van der Waals surface area contributed by atoms with E-state index >= 15 is 0 Å². The van der Waals surface area contributed by atoms with Gasteiger partial charge in [-0.3, -0.25) is 13.4 Å². The van der Waals surface area contributed by atoms with Crippen molar-refractivity contribution < 1.29 is 9.11 Å². The van der Waals surface area contributed by atoms with E-state index in [9.17, 15) is 9.11 Å². The van der Waals surface area contributed by atoms with Gasteiger partial charge in [-0.05, 0) is 24.5 Å². The normalized spacial score (nSPS) is 20.5. The third-order valence-corrected chi connectivity index (χ3v) is 5.48. The number of aryl methyl sites for hydroxylation is 1. The van der Waals surface area contributed by atoms with Gasteiger partial charge in [-0.25, -0.2) is 0 Å². The molecule has 5 heteroatoms. The Labute approximate surface area is 108 Å². The van der Waals surface area contributed by atoms with Crippen LogP contribution in [0, 0.1) is 0 Å². The molecule has 0 spiro atoms. The molecule has 1 saturated heterocycles. The molecule has 0 amide bonds. The molecule has 1 aliphatic heterocycles. The summed E-state index contributed by atoms with van der Waals surface area (Å²) in [5, 5.41) is 1.18. The molecule has 0 aliphatic carbocycles. The Bertz CT molecular complexity index is 579. The summed E-state index contributed by atoms with van der Waals surface area (Å²) in [4.78, 5) is 3.27. The van der Waals surface area contributed by atoms with Gasteiger partial charge in [0.05, 0.1) is 17.0 Å². The standard InChI is InChI=1S/C13H18N2O2S/c1-2-10-9-14-13-11(10)5-3-6-12(13)15-7-4-8-18(15,16)17/h3,5-6,9,14,16-17H,2,4,7-8H2,1H3. The molecule has 2 aromatic rings. The van der Waals surface area contributed by atoms with Crippen molar-refractivity contribution in [2.24, 2.45) is 0 Å². The summed E-state index contributed by atoms with van der Waals surface area (Å²) in [6.07, 6.45) is 3.82. The smallest absolute Gasteiger partial charge is 0.0809 e. The summed E-state index contributed by atoms with van der Waals surface area (Å²) in [6.45, 7) is 2.83. The van der Waals surface area contributed by atoms with Crippen molar-refractivity contribution in [1.82, 2.24) is 4.98 Å². The lowest BCUT2D eigenvalue weighted by molar-refractivity contribution is 0.492. The molecular weight excluding hydrogens is 248 g/mol. The Kier molecular flexibility index (Phi) is 2.77. The molecule has 3 rings (SSSR count). The summed E-state index contributed by atoms with van der Waals surface area (Å²) in [7, 11) is -2.62. The van der Waals surface area contributed by atoms with Crippen LogP contribution in [0.2, 0.25) is 0 Å². The Morgan fingerprint density at radius 3 is 2.89 bits per heavy atom. The fourth-order valence-corrected chi connectivity index (χ4v) is 4.26. The molecule has 0 bridgehead atoms. The third-order valence-electron chi connectivity index (χ3n) is 3.56. The van der Waals surface area contributed by atoms with Gasteiger partial charge in [-0.2, -0.15) is 0 Å². The van der Waals surface area contributed by atoms with Crippen LogP contribution in [0.5, 0.6) is 0 Å². The van der Waals surface area contributed by atoms with Crippen LogP contribution in [0.3, 0.4) is 0 Å². The lowest BCUT2D eigenvalue weighted by Crippen LogP contribution is -2.22. The molecule has 0 unspecified atom stereocenters. The van der Waals surface area contributed by atoms with Crippen LogP contribution < -0.4 is 4.31 Å². The number of hydrogen-bond donors (Lipinski definition) is 3. The van der Waals surface area contributed by atoms with Crippen LogP contribution in [-0.2, 0) is 6.42 Å². The average Bonchev–Trinajstić information content (AvgIpc) is 2.91. The van der Waals surface area contributed by atoms with Crippen molar-refractivity contribution in [3.63, 3.8) is 0 Å². The zero-order valence-corrected chi connectivity index (χ0v) is 11.2. The van der Waals surface area contributed by atoms with Gasteiger partial charge in [-0.1, -0.05) is 19.1 Å². The molecule has 1 aromatic carbocycles. The van der Waals surface area contributed by atoms with Gasteiger partial charge in [0.25, 0.3) is 0 Å². The summed E-state index contributed by atoms with van der Waals surface area (Å²) in [5.74, 6) is 0.477. The molecule has 4 nitrogen and oxygen atoms in total. The van der Waals surface area contributed by atoms with Crippen LogP contribution in [0.1, 0.15) is 18.9 Å². The minimum Gasteiger partial charge on any atom is -0.359 e. The number of aromatic amines is 1. The van der Waals surface area contributed by atoms with Crippen LogP contribution in [-0.4, -0.2) is 26.4 Å². The molecule has 2 heterocycles. The largest absolute Gasteiger partial charge is 0.359 e. The van der Waals surface area contributed by atoms with Gasteiger partial charge in [0.2, 0.25) is 0 Å². The van der Waals surface area contributed by atoms with Crippen molar-refractivity contribution in [2.75, 3.05) is 16.6 Å². The number of nitrogens with zero attached hydrogens (tertiary/aromatic N) is 1. The number of benzene rings is 1. The third kappa shape index (κ3) is 1.70. The minimum absolute atomic E-state index is 0.477. The van der Waals surface area contributed by atoms with Gasteiger partial charge in [0.15, 0.2) is 0 Å². The van der Waals surface area contributed by atoms with Gasteiger partial charge in [-0.15, -0.1) is 10.8 Å². The lowest BCUT2D eigenvalue weighted by atomic mass is 10.1. The van der Waals surface area contributed by atoms with E-state index in [1.165, 1.54) is 10.9 Å². The molecule has 3 N–H and O–H groups in total. The summed E-state index contributed by atoms with van der Waals surface area (Å²) in [6, 6.07) is 6.02. The molecular formula is C13H18N2O2S. The van der Waals surface area contributed by atoms with E-state index in [-0.39, 0.29) is 0 Å². The fraction of sp³-hybridized carbons (Fsp3) is 0.385. The number of rotatable bonds is 2. The second-order valence-corrected chi connectivity index (χ2v) is 6.77. The number of para-hydroxylation sites is 1. The van der Waals surface area contributed by atoms with Crippen LogP contribution in [0.25, 0.3) is 10.9 Å². The number of anilines is 1. The van der Waals surface area contributed by atoms with Crippen LogP contribution in [0.4, 0.5) is 5.69 Å². The Balaban J connectivity index is 2.15. The first-order valence-corrected chi connectivity index (χ1v) is 7.93. The summed E-state index contributed by atoms with van der Waals surface area (Å²) >= 11 is 0. The molecule has 0 atom stereocenters. The Morgan fingerprint density at radius 1 is 1.39 bits per heavy atom. The van der Waals surface area contributed by atoms with Gasteiger partial charge in [0.1, 0.15) is 0 Å². The van der Waals surface area contributed by atoms with Crippen LogP contribution >= 0.6 is 10.8 Å². The average molecular weight is 266 g/mol. The van der Waals surface area contributed by atoms with Crippen molar-refractivity contribution in [3.05, 3.63) is 30.0 Å². The number of hydrogen-bond acceptors (Lipinski definition) is 3. The zero-order chi connectivity index (χ0) is 12.8. The first-order chi connectivity index (χ1) is 8.63. The van der Waals surface area contributed by atoms with Gasteiger partial charge in [0, 0.05) is 18.1 Å². The predicted molar refractivity (Wildman–Crippen MR) is 77.4 cm³/mol. The molecule has 98 valence electrons. The number of nitrogens with one attached hydrogen (secondary N) is 1.